The van der Waals surface area contributed by atoms with Gasteiger partial charge in [-0.2, -0.15) is 8.42 Å². The van der Waals surface area contributed by atoms with Crippen LogP contribution in [0.15, 0.2) is 36.4 Å². The molecule has 1 aromatic carbocycles. The Hall–Kier alpha value is -1.58. The fourth-order valence-electron chi connectivity index (χ4n) is 0.715. The van der Waals surface area contributed by atoms with Gasteiger partial charge in [-0.15, -0.1) is 0 Å². The molecule has 0 atom stereocenters. The highest BCUT2D eigenvalue weighted by atomic mass is 32.3. The van der Waals surface area contributed by atoms with E-state index in [2.05, 4.69) is 0 Å². The van der Waals surface area contributed by atoms with E-state index in [4.69, 9.17) is 17.5 Å². The van der Waals surface area contributed by atoms with Crippen molar-refractivity contribution in [1.82, 2.24) is 9.80 Å². The average molecular weight is 348 g/mol. The van der Waals surface area contributed by atoms with E-state index < -0.39 is 10.4 Å². The molecule has 0 aliphatic rings. The summed E-state index contributed by atoms with van der Waals surface area (Å²) >= 11 is 0. The van der Waals surface area contributed by atoms with Crippen LogP contribution in [0.3, 0.4) is 0 Å². The first-order valence-corrected chi connectivity index (χ1v) is 7.88. The molecule has 0 heterocycles. The maximum absolute atomic E-state index is 9.89. The summed E-state index contributed by atoms with van der Waals surface area (Å²) in [5.74, 6) is 0. The second kappa shape index (κ2) is 16.8. The zero-order valence-corrected chi connectivity index (χ0v) is 15.4. The minimum absolute atomic E-state index is 0.771. The number of carbonyl (C=O) groups excluding carboxylic acids is 1. The number of hydrogen-bond donors (Lipinski definition) is 2. The minimum Gasteiger partial charge on any atom is -0.312 e. The first kappa shape index (κ1) is 26.3. The van der Waals surface area contributed by atoms with Gasteiger partial charge in [-0.05, 0) is 53.9 Å². The first-order chi connectivity index (χ1) is 10.4. The van der Waals surface area contributed by atoms with Crippen molar-refractivity contribution in [3.05, 3.63) is 42.0 Å². The van der Waals surface area contributed by atoms with Crippen molar-refractivity contribution in [2.75, 3.05) is 42.3 Å². The Labute approximate surface area is 139 Å². The maximum atomic E-state index is 9.89. The van der Waals surface area contributed by atoms with E-state index in [9.17, 15) is 4.79 Å². The SMILES string of the molecule is CN(C)C.CN(C)C.O=CC=Cc1ccccc1.O=S(=O)(O)O. The summed E-state index contributed by atoms with van der Waals surface area (Å²) in [5, 5.41) is 0. The molecule has 0 fully saturated rings. The third-order valence-corrected chi connectivity index (χ3v) is 1.17. The highest BCUT2D eigenvalue weighted by Crippen LogP contribution is 1.99. The molecule has 0 aliphatic carbocycles. The van der Waals surface area contributed by atoms with Crippen molar-refractivity contribution in [1.29, 1.82) is 0 Å². The summed E-state index contributed by atoms with van der Waals surface area (Å²) in [6, 6.07) is 9.70. The van der Waals surface area contributed by atoms with Gasteiger partial charge in [0.1, 0.15) is 6.29 Å². The first-order valence-electron chi connectivity index (χ1n) is 6.48. The molecular formula is C15H28N2O5S. The van der Waals surface area contributed by atoms with E-state index >= 15 is 0 Å². The Bertz CT molecular complexity index is 480. The van der Waals surface area contributed by atoms with E-state index in [-0.39, 0.29) is 0 Å². The van der Waals surface area contributed by atoms with Crippen molar-refractivity contribution >= 4 is 22.8 Å². The van der Waals surface area contributed by atoms with E-state index in [1.165, 1.54) is 6.08 Å². The molecular weight excluding hydrogens is 320 g/mol. The zero-order chi connectivity index (χ0) is 18.9. The molecule has 134 valence electrons. The normalized spacial score (nSPS) is 10.0. The van der Waals surface area contributed by atoms with Crippen LogP contribution in [0.2, 0.25) is 0 Å². The van der Waals surface area contributed by atoms with Crippen LogP contribution < -0.4 is 0 Å². The molecule has 0 bridgehead atoms. The number of hydrogen-bond acceptors (Lipinski definition) is 5. The molecule has 0 amide bonds. The zero-order valence-electron chi connectivity index (χ0n) is 14.5. The number of rotatable bonds is 2. The van der Waals surface area contributed by atoms with Crippen molar-refractivity contribution in [3.8, 4) is 0 Å². The predicted molar refractivity (Wildman–Crippen MR) is 94.9 cm³/mol. The molecule has 1 aromatic rings. The monoisotopic (exact) mass is 348 g/mol. The number of allylic oxidation sites excluding steroid dienone is 1. The largest absolute Gasteiger partial charge is 0.394 e. The van der Waals surface area contributed by atoms with Crippen LogP contribution in [0.4, 0.5) is 0 Å². The van der Waals surface area contributed by atoms with Crippen molar-refractivity contribution < 1.29 is 22.3 Å². The molecule has 0 aliphatic heterocycles. The van der Waals surface area contributed by atoms with Gasteiger partial charge >= 0.3 is 10.4 Å². The molecule has 2 N–H and O–H groups in total. The second-order valence-corrected chi connectivity index (χ2v) is 5.93. The Balaban J connectivity index is -0.000000261. The van der Waals surface area contributed by atoms with Crippen LogP contribution in [0.1, 0.15) is 5.56 Å². The van der Waals surface area contributed by atoms with Crippen molar-refractivity contribution in [3.63, 3.8) is 0 Å². The summed E-state index contributed by atoms with van der Waals surface area (Å²) in [7, 11) is 7.33. The van der Waals surface area contributed by atoms with Gasteiger partial charge in [0.15, 0.2) is 0 Å². The lowest BCUT2D eigenvalue weighted by Crippen LogP contribution is -1.99. The number of aldehydes is 1. The minimum atomic E-state index is -4.67. The van der Waals surface area contributed by atoms with Crippen molar-refractivity contribution in [2.24, 2.45) is 0 Å². The fraction of sp³-hybridized carbons (Fsp3) is 0.400. The summed E-state index contributed by atoms with van der Waals surface area (Å²) < 4.78 is 31.6. The highest BCUT2D eigenvalue weighted by Gasteiger charge is 1.84. The van der Waals surface area contributed by atoms with Gasteiger partial charge in [0.05, 0.1) is 0 Å². The van der Waals surface area contributed by atoms with Crippen LogP contribution in [-0.4, -0.2) is 75.9 Å². The molecule has 7 nitrogen and oxygen atoms in total. The van der Waals surface area contributed by atoms with Gasteiger partial charge < -0.3 is 9.80 Å². The summed E-state index contributed by atoms with van der Waals surface area (Å²) in [4.78, 5) is 13.9. The number of nitrogens with zero attached hydrogens (tertiary/aromatic N) is 2. The van der Waals surface area contributed by atoms with Gasteiger partial charge in [0.2, 0.25) is 0 Å². The smallest absolute Gasteiger partial charge is 0.312 e. The summed E-state index contributed by atoms with van der Waals surface area (Å²) in [6.45, 7) is 0. The molecule has 8 heteroatoms. The van der Waals surface area contributed by atoms with Crippen molar-refractivity contribution in [2.45, 2.75) is 0 Å². The molecule has 0 aromatic heterocycles. The fourth-order valence-corrected chi connectivity index (χ4v) is 0.715. The number of carbonyl (C=O) groups is 1. The average Bonchev–Trinajstić information content (AvgIpc) is 2.34. The molecule has 1 rings (SSSR count). The van der Waals surface area contributed by atoms with Crippen LogP contribution in [0.5, 0.6) is 0 Å². The number of benzene rings is 1. The summed E-state index contributed by atoms with van der Waals surface area (Å²) in [5.41, 5.74) is 1.05. The third-order valence-electron chi connectivity index (χ3n) is 1.17. The third kappa shape index (κ3) is 63.8. The second-order valence-electron chi connectivity index (χ2n) is 5.04. The standard InChI is InChI=1S/C9H8O.2C3H9N.H2O4S/c10-8-4-7-9-5-2-1-3-6-9;2*1-4(2)3;1-5(2,3)4/h1-8H;2*1-3H3;(H2,1,2,3,4). The van der Waals surface area contributed by atoms with E-state index in [1.807, 2.05) is 82.4 Å². The molecule has 0 spiro atoms. The van der Waals surface area contributed by atoms with Crippen LogP contribution in [0, 0.1) is 0 Å². The van der Waals surface area contributed by atoms with E-state index in [0.29, 0.717) is 0 Å². The molecule has 0 radical (unpaired) electrons. The van der Waals surface area contributed by atoms with Gasteiger partial charge in [0, 0.05) is 0 Å². The maximum Gasteiger partial charge on any atom is 0.394 e. The van der Waals surface area contributed by atoms with Gasteiger partial charge in [-0.25, -0.2) is 0 Å². The highest BCUT2D eigenvalue weighted by molar-refractivity contribution is 7.79. The Morgan fingerprint density at radius 1 is 0.870 bits per heavy atom. The van der Waals surface area contributed by atoms with Gasteiger partial charge in [0.25, 0.3) is 0 Å². The van der Waals surface area contributed by atoms with Crippen LogP contribution >= 0.6 is 0 Å². The Morgan fingerprint density at radius 2 is 1.17 bits per heavy atom. The Morgan fingerprint density at radius 3 is 1.43 bits per heavy atom. The summed E-state index contributed by atoms with van der Waals surface area (Å²) in [6.07, 6.45) is 4.02. The van der Waals surface area contributed by atoms with Crippen LogP contribution in [-0.2, 0) is 15.2 Å². The van der Waals surface area contributed by atoms with Gasteiger partial charge in [-0.1, -0.05) is 36.4 Å². The lowest BCUT2D eigenvalue weighted by Gasteiger charge is -1.90. The topological polar surface area (TPSA) is 98.2 Å². The lowest BCUT2D eigenvalue weighted by atomic mass is 10.2. The molecule has 0 saturated carbocycles. The molecule has 0 unspecified atom stereocenters. The van der Waals surface area contributed by atoms with Gasteiger partial charge in [-0.3, -0.25) is 13.9 Å². The lowest BCUT2D eigenvalue weighted by molar-refractivity contribution is -0.104. The quantitative estimate of drug-likeness (QED) is 0.476. The van der Waals surface area contributed by atoms with E-state index in [1.54, 1.807) is 6.08 Å². The Kier molecular flexibility index (Phi) is 19.2. The van der Waals surface area contributed by atoms with E-state index in [0.717, 1.165) is 11.8 Å². The predicted octanol–water partition coefficient (Wildman–Crippen LogP) is 1.60. The van der Waals surface area contributed by atoms with Crippen LogP contribution in [0.25, 0.3) is 6.08 Å². The molecule has 0 saturated heterocycles. The molecule has 23 heavy (non-hydrogen) atoms.